The summed E-state index contributed by atoms with van der Waals surface area (Å²) in [6.07, 6.45) is 0. The van der Waals surface area contributed by atoms with Crippen molar-refractivity contribution in [3.8, 4) is 0 Å². The maximum absolute atomic E-state index is 11.8. The Bertz CT molecular complexity index is 1010. The van der Waals surface area contributed by atoms with Crippen LogP contribution >= 0.6 is 0 Å². The molecule has 3 rings (SSSR count). The van der Waals surface area contributed by atoms with Gasteiger partial charge in [0.05, 0.1) is 22.1 Å². The summed E-state index contributed by atoms with van der Waals surface area (Å²) in [5, 5.41) is 13.6. The molecule has 0 aliphatic carbocycles. The fourth-order valence-electron chi connectivity index (χ4n) is 2.66. The van der Waals surface area contributed by atoms with Crippen LogP contribution in [0.4, 0.5) is 17.1 Å². The number of hydrogen-bond acceptors (Lipinski definition) is 5. The molecule has 0 aliphatic heterocycles. The minimum Gasteiger partial charge on any atom is -0.372 e. The zero-order valence-electron chi connectivity index (χ0n) is 14.1. The molecule has 0 spiro atoms. The molecule has 3 aromatic rings. The van der Waals surface area contributed by atoms with Crippen LogP contribution in [0.3, 0.4) is 0 Å². The maximum Gasteiger partial charge on any atom is 0.270 e. The molecule has 1 heterocycles. The number of azo groups is 1. The summed E-state index contributed by atoms with van der Waals surface area (Å²) in [5.41, 5.74) is 1.66. The highest BCUT2D eigenvalue weighted by atomic mass is 16.1. The van der Waals surface area contributed by atoms with Gasteiger partial charge in [-0.3, -0.25) is 19.8 Å². The first kappa shape index (κ1) is 16.6. The lowest BCUT2D eigenvalue weighted by atomic mass is 10.2. The molecule has 0 bridgehead atoms. The van der Waals surface area contributed by atoms with Crippen molar-refractivity contribution in [2.45, 2.75) is 13.8 Å². The van der Waals surface area contributed by atoms with Crippen molar-refractivity contribution in [2.75, 3.05) is 18.0 Å². The Morgan fingerprint density at radius 3 is 2.00 bits per heavy atom. The molecule has 128 valence electrons. The summed E-state index contributed by atoms with van der Waals surface area (Å²) in [5.74, 6) is 0. The highest BCUT2D eigenvalue weighted by Crippen LogP contribution is 2.23. The number of fused-ring (bicyclic) bond motifs is 1. The summed E-state index contributed by atoms with van der Waals surface area (Å²) in [6, 6.07) is 12.6. The molecule has 2 N–H and O–H groups in total. The van der Waals surface area contributed by atoms with Gasteiger partial charge in [0.25, 0.3) is 11.1 Å². The van der Waals surface area contributed by atoms with Gasteiger partial charge in [0, 0.05) is 18.8 Å². The zero-order chi connectivity index (χ0) is 17.8. The predicted octanol–water partition coefficient (Wildman–Crippen LogP) is 3.48. The number of anilines is 1. The van der Waals surface area contributed by atoms with Gasteiger partial charge in [-0.1, -0.05) is 0 Å². The van der Waals surface area contributed by atoms with E-state index in [9.17, 15) is 9.59 Å². The summed E-state index contributed by atoms with van der Waals surface area (Å²) in [7, 11) is 0. The summed E-state index contributed by atoms with van der Waals surface area (Å²) in [6.45, 7) is 6.12. The molecule has 0 radical (unpaired) electrons. The van der Waals surface area contributed by atoms with E-state index in [-0.39, 0.29) is 16.5 Å². The van der Waals surface area contributed by atoms with Crippen molar-refractivity contribution in [3.63, 3.8) is 0 Å². The first-order valence-electron chi connectivity index (χ1n) is 8.14. The van der Waals surface area contributed by atoms with Gasteiger partial charge >= 0.3 is 0 Å². The number of nitrogens with one attached hydrogen (secondary N) is 2. The normalized spacial score (nSPS) is 11.3. The third kappa shape index (κ3) is 3.50. The van der Waals surface area contributed by atoms with Crippen LogP contribution < -0.4 is 16.0 Å². The second kappa shape index (κ2) is 7.12. The van der Waals surface area contributed by atoms with Gasteiger partial charge in [-0.15, -0.1) is 0 Å². The monoisotopic (exact) mass is 337 g/mol. The minimum absolute atomic E-state index is 0.289. The average Bonchev–Trinajstić information content (AvgIpc) is 2.65. The van der Waals surface area contributed by atoms with Gasteiger partial charge in [0.1, 0.15) is 0 Å². The molecule has 1 aromatic heterocycles. The number of hydrogen-bond donors (Lipinski definition) is 2. The fourth-order valence-corrected chi connectivity index (χ4v) is 2.66. The van der Waals surface area contributed by atoms with E-state index in [1.807, 2.05) is 24.3 Å². The number of benzene rings is 2. The number of nitrogens with zero attached hydrogens (tertiary/aromatic N) is 3. The van der Waals surface area contributed by atoms with Crippen LogP contribution in [-0.4, -0.2) is 23.3 Å². The van der Waals surface area contributed by atoms with Crippen molar-refractivity contribution in [1.82, 2.24) is 10.2 Å². The lowest BCUT2D eigenvalue weighted by Gasteiger charge is -2.20. The number of rotatable bonds is 5. The molecular formula is C18H19N5O2. The van der Waals surface area contributed by atoms with Crippen LogP contribution in [0.1, 0.15) is 13.8 Å². The second-order valence-corrected chi connectivity index (χ2v) is 5.53. The van der Waals surface area contributed by atoms with Gasteiger partial charge in [-0.2, -0.15) is 10.2 Å². The van der Waals surface area contributed by atoms with Gasteiger partial charge in [-0.25, -0.2) is 0 Å². The molecule has 7 nitrogen and oxygen atoms in total. The molecule has 0 unspecified atom stereocenters. The van der Waals surface area contributed by atoms with Crippen LogP contribution in [0.5, 0.6) is 0 Å². The Balaban J connectivity index is 1.87. The highest BCUT2D eigenvalue weighted by Gasteiger charge is 2.04. The first-order chi connectivity index (χ1) is 12.1. The van der Waals surface area contributed by atoms with Crippen molar-refractivity contribution < 1.29 is 0 Å². The molecule has 2 aromatic carbocycles. The number of H-pyrrole nitrogens is 2. The Kier molecular flexibility index (Phi) is 4.74. The molecular weight excluding hydrogens is 318 g/mol. The van der Waals surface area contributed by atoms with Crippen molar-refractivity contribution in [1.29, 1.82) is 0 Å². The topological polar surface area (TPSA) is 93.7 Å². The van der Waals surface area contributed by atoms with Crippen LogP contribution in [0.15, 0.2) is 62.3 Å². The number of aromatic amines is 2. The van der Waals surface area contributed by atoms with E-state index in [1.165, 1.54) is 0 Å². The maximum atomic E-state index is 11.8. The quantitative estimate of drug-likeness (QED) is 0.698. The zero-order valence-corrected chi connectivity index (χ0v) is 14.1. The Hall–Kier alpha value is -3.22. The standard InChI is InChI=1S/C18H19N5O2/c1-3-23(4-2)14-8-5-12(6-9-14)19-20-13-7-10-15-16(11-13)18(25)22-21-17(15)24/h5-11H,3-4H2,1-2H3,(H,21,24)(H,22,25). The highest BCUT2D eigenvalue weighted by molar-refractivity contribution is 5.83. The summed E-state index contributed by atoms with van der Waals surface area (Å²) >= 11 is 0. The fraction of sp³-hybridized carbons (Fsp3) is 0.222. The van der Waals surface area contributed by atoms with Crippen LogP contribution in [-0.2, 0) is 0 Å². The molecule has 0 amide bonds. The van der Waals surface area contributed by atoms with E-state index in [2.05, 4.69) is 39.2 Å². The van der Waals surface area contributed by atoms with E-state index < -0.39 is 0 Å². The Morgan fingerprint density at radius 1 is 0.800 bits per heavy atom. The lowest BCUT2D eigenvalue weighted by molar-refractivity contribution is 0.866. The lowest BCUT2D eigenvalue weighted by Crippen LogP contribution is -2.21. The molecule has 0 atom stereocenters. The third-order valence-electron chi connectivity index (χ3n) is 4.04. The third-order valence-corrected chi connectivity index (χ3v) is 4.04. The van der Waals surface area contributed by atoms with Crippen molar-refractivity contribution in [2.24, 2.45) is 10.2 Å². The summed E-state index contributed by atoms with van der Waals surface area (Å²) < 4.78 is 0. The second-order valence-electron chi connectivity index (χ2n) is 5.53. The van der Waals surface area contributed by atoms with Gasteiger partial charge in [-0.05, 0) is 56.3 Å². The first-order valence-corrected chi connectivity index (χ1v) is 8.14. The molecule has 0 aliphatic rings. The van der Waals surface area contributed by atoms with Crippen LogP contribution in [0.25, 0.3) is 10.8 Å². The average molecular weight is 337 g/mol. The van der Waals surface area contributed by atoms with Gasteiger partial charge < -0.3 is 4.90 Å². The molecule has 0 saturated heterocycles. The number of aromatic nitrogens is 2. The van der Waals surface area contributed by atoms with E-state index in [0.29, 0.717) is 11.1 Å². The predicted molar refractivity (Wildman–Crippen MR) is 99.4 cm³/mol. The van der Waals surface area contributed by atoms with Crippen LogP contribution in [0, 0.1) is 0 Å². The largest absolute Gasteiger partial charge is 0.372 e. The van der Waals surface area contributed by atoms with E-state index in [1.54, 1.807) is 18.2 Å². The minimum atomic E-state index is -0.366. The van der Waals surface area contributed by atoms with Crippen molar-refractivity contribution >= 4 is 27.8 Å². The van der Waals surface area contributed by atoms with Gasteiger partial charge in [0.15, 0.2) is 0 Å². The molecule has 7 heteroatoms. The van der Waals surface area contributed by atoms with E-state index in [0.717, 1.165) is 24.5 Å². The molecule has 25 heavy (non-hydrogen) atoms. The molecule has 0 fully saturated rings. The molecule has 0 saturated carbocycles. The van der Waals surface area contributed by atoms with E-state index >= 15 is 0 Å². The van der Waals surface area contributed by atoms with Crippen molar-refractivity contribution in [3.05, 3.63) is 63.2 Å². The van der Waals surface area contributed by atoms with E-state index in [4.69, 9.17) is 0 Å². The summed E-state index contributed by atoms with van der Waals surface area (Å²) in [4.78, 5) is 25.7. The van der Waals surface area contributed by atoms with Gasteiger partial charge in [0.2, 0.25) is 0 Å². The smallest absolute Gasteiger partial charge is 0.270 e. The Labute approximate surface area is 144 Å². The Morgan fingerprint density at radius 2 is 1.36 bits per heavy atom. The van der Waals surface area contributed by atoms with Crippen LogP contribution in [0.2, 0.25) is 0 Å². The SMILES string of the molecule is CCN(CC)c1ccc(N=Nc2ccc3c(=O)[nH][nH]c(=O)c3c2)cc1.